The number of nitrogens with one attached hydrogen (secondary N) is 2. The van der Waals surface area contributed by atoms with E-state index in [9.17, 15) is 13.2 Å². The van der Waals surface area contributed by atoms with E-state index in [4.69, 9.17) is 8.92 Å². The lowest BCUT2D eigenvalue weighted by atomic mass is 10.3. The van der Waals surface area contributed by atoms with E-state index in [1.54, 1.807) is 12.1 Å². The molecule has 0 aliphatic carbocycles. The summed E-state index contributed by atoms with van der Waals surface area (Å²) < 4.78 is 39.6. The van der Waals surface area contributed by atoms with Crippen molar-refractivity contribution in [2.24, 2.45) is 0 Å². The first-order chi connectivity index (χ1) is 12.4. The summed E-state index contributed by atoms with van der Waals surface area (Å²) in [4.78, 5) is 18.1. The second-order valence-electron chi connectivity index (χ2n) is 5.10. The number of carbonyl (C=O) groups is 1. The lowest BCUT2D eigenvalue weighted by Crippen LogP contribution is -2.11. The van der Waals surface area contributed by atoms with Crippen LogP contribution in [0, 0.1) is 0 Å². The third-order valence-corrected chi connectivity index (χ3v) is 4.64. The predicted molar refractivity (Wildman–Crippen MR) is 92.9 cm³/mol. The fourth-order valence-corrected chi connectivity index (χ4v) is 3.13. The van der Waals surface area contributed by atoms with E-state index in [0.717, 1.165) is 0 Å². The zero-order valence-electron chi connectivity index (χ0n) is 13.8. The molecule has 3 aromatic rings. The molecule has 0 saturated carbocycles. The molecule has 1 aromatic heterocycles. The number of nitrogens with zero attached hydrogens (tertiary/aromatic N) is 1. The number of H-pyrrole nitrogens is 1. The van der Waals surface area contributed by atoms with Crippen LogP contribution in [-0.2, 0) is 14.9 Å². The highest BCUT2D eigenvalue weighted by molar-refractivity contribution is 7.87. The minimum Gasteiger partial charge on any atom is -0.497 e. The fraction of sp³-hybridized carbons (Fsp3) is 0.125. The third-order valence-electron chi connectivity index (χ3n) is 3.40. The van der Waals surface area contributed by atoms with Gasteiger partial charge in [-0.15, -0.1) is 0 Å². The Bertz CT molecular complexity index is 1060. The summed E-state index contributed by atoms with van der Waals surface area (Å²) in [5, 5.41) is 2.37. The number of carbonyl (C=O) groups excluding carboxylic acids is 1. The summed E-state index contributed by atoms with van der Waals surface area (Å²) in [6.07, 6.45) is -0.696. The lowest BCUT2D eigenvalue weighted by Gasteiger charge is -2.08. The van der Waals surface area contributed by atoms with Crippen molar-refractivity contribution < 1.29 is 26.9 Å². The molecule has 0 bridgehead atoms. The fourth-order valence-electron chi connectivity index (χ4n) is 2.18. The highest BCUT2D eigenvalue weighted by Gasteiger charge is 2.19. The Balaban J connectivity index is 1.89. The zero-order chi connectivity index (χ0) is 18.7. The van der Waals surface area contributed by atoms with Crippen LogP contribution in [0.3, 0.4) is 0 Å². The topological polar surface area (TPSA) is 120 Å². The van der Waals surface area contributed by atoms with E-state index in [0.29, 0.717) is 16.8 Å². The number of hydrogen-bond acceptors (Lipinski definition) is 7. The van der Waals surface area contributed by atoms with Gasteiger partial charge in [-0.25, -0.2) is 9.78 Å². The summed E-state index contributed by atoms with van der Waals surface area (Å²) in [7, 11) is -1.37. The average molecular weight is 377 g/mol. The van der Waals surface area contributed by atoms with Crippen molar-refractivity contribution in [2.45, 2.75) is 4.90 Å². The van der Waals surface area contributed by atoms with Crippen LogP contribution in [0.15, 0.2) is 47.4 Å². The van der Waals surface area contributed by atoms with E-state index in [-0.39, 0.29) is 16.6 Å². The van der Waals surface area contributed by atoms with Gasteiger partial charge in [0.2, 0.25) is 5.95 Å². The second kappa shape index (κ2) is 6.92. The Morgan fingerprint density at radius 2 is 1.88 bits per heavy atom. The molecule has 136 valence electrons. The molecule has 3 rings (SSSR count). The standard InChI is InChI=1S/C16H15N3O6S/c1-23-10-4-3-5-11(8-10)25-26(21,22)12-6-7-13-14(9-12)18-15(17-13)19-16(20)24-2/h3-9H,1-2H3,(H2,17,18,19,20). The molecule has 0 radical (unpaired) electrons. The van der Waals surface area contributed by atoms with Crippen LogP contribution in [0.2, 0.25) is 0 Å². The number of imidazole rings is 1. The largest absolute Gasteiger partial charge is 0.497 e. The molecule has 0 fully saturated rings. The first kappa shape index (κ1) is 17.5. The van der Waals surface area contributed by atoms with Crippen LogP contribution in [0.25, 0.3) is 11.0 Å². The van der Waals surface area contributed by atoms with Crippen LogP contribution in [0.1, 0.15) is 0 Å². The minimum atomic E-state index is -4.06. The number of rotatable bonds is 5. The number of fused-ring (bicyclic) bond motifs is 1. The van der Waals surface area contributed by atoms with E-state index in [1.165, 1.54) is 44.6 Å². The first-order valence-electron chi connectivity index (χ1n) is 7.34. The van der Waals surface area contributed by atoms with Gasteiger partial charge < -0.3 is 18.6 Å². The molecule has 2 aromatic carbocycles. The van der Waals surface area contributed by atoms with Crippen molar-refractivity contribution in [3.63, 3.8) is 0 Å². The lowest BCUT2D eigenvalue weighted by molar-refractivity contribution is 0.186. The van der Waals surface area contributed by atoms with E-state index in [2.05, 4.69) is 20.0 Å². The number of aromatic nitrogens is 2. The van der Waals surface area contributed by atoms with Crippen molar-refractivity contribution in [1.82, 2.24) is 9.97 Å². The molecular formula is C16H15N3O6S. The molecule has 0 aliphatic rings. The van der Waals surface area contributed by atoms with Crippen molar-refractivity contribution in [2.75, 3.05) is 19.5 Å². The SMILES string of the molecule is COC(=O)Nc1nc2ccc(S(=O)(=O)Oc3cccc(OC)c3)cc2[nH]1. The maximum atomic E-state index is 12.5. The van der Waals surface area contributed by atoms with Crippen molar-refractivity contribution in [1.29, 1.82) is 0 Å². The van der Waals surface area contributed by atoms with Gasteiger partial charge in [-0.05, 0) is 30.3 Å². The number of amides is 1. The molecule has 0 aliphatic heterocycles. The molecule has 0 saturated heterocycles. The number of aromatic amines is 1. The maximum Gasteiger partial charge on any atom is 0.413 e. The molecule has 26 heavy (non-hydrogen) atoms. The molecule has 9 nitrogen and oxygen atoms in total. The Morgan fingerprint density at radius 1 is 1.12 bits per heavy atom. The summed E-state index contributed by atoms with van der Waals surface area (Å²) in [6.45, 7) is 0. The van der Waals surface area contributed by atoms with Gasteiger partial charge in [0, 0.05) is 6.07 Å². The normalized spacial score (nSPS) is 11.2. The monoisotopic (exact) mass is 377 g/mol. The van der Waals surface area contributed by atoms with Crippen LogP contribution >= 0.6 is 0 Å². The van der Waals surface area contributed by atoms with E-state index in [1.807, 2.05) is 0 Å². The summed E-state index contributed by atoms with van der Waals surface area (Å²) in [5.41, 5.74) is 0.878. The molecule has 0 spiro atoms. The number of ether oxygens (including phenoxy) is 2. The molecule has 0 atom stereocenters. The quantitative estimate of drug-likeness (QED) is 0.656. The number of anilines is 1. The van der Waals surface area contributed by atoms with Gasteiger partial charge in [0.05, 0.1) is 25.3 Å². The summed E-state index contributed by atoms with van der Waals surface area (Å²) in [6, 6.07) is 10.5. The number of benzene rings is 2. The molecule has 1 heterocycles. The highest BCUT2D eigenvalue weighted by Crippen LogP contribution is 2.25. The van der Waals surface area contributed by atoms with Crippen molar-refractivity contribution >= 4 is 33.2 Å². The van der Waals surface area contributed by atoms with Crippen molar-refractivity contribution in [3.05, 3.63) is 42.5 Å². The van der Waals surface area contributed by atoms with Gasteiger partial charge in [-0.2, -0.15) is 8.42 Å². The van der Waals surface area contributed by atoms with Crippen LogP contribution in [-0.4, -0.2) is 38.7 Å². The molecule has 1 amide bonds. The van der Waals surface area contributed by atoms with Crippen molar-refractivity contribution in [3.8, 4) is 11.5 Å². The van der Waals surface area contributed by atoms with Gasteiger partial charge in [0.15, 0.2) is 0 Å². The van der Waals surface area contributed by atoms with Gasteiger partial charge in [-0.1, -0.05) is 6.07 Å². The zero-order valence-corrected chi connectivity index (χ0v) is 14.7. The number of methoxy groups -OCH3 is 2. The highest BCUT2D eigenvalue weighted by atomic mass is 32.2. The van der Waals surface area contributed by atoms with Gasteiger partial charge in [-0.3, -0.25) is 5.32 Å². The van der Waals surface area contributed by atoms with Crippen LogP contribution in [0.4, 0.5) is 10.7 Å². The molecular weight excluding hydrogens is 362 g/mol. The molecule has 0 unspecified atom stereocenters. The predicted octanol–water partition coefficient (Wildman–Crippen LogP) is 2.52. The van der Waals surface area contributed by atoms with Crippen LogP contribution in [0.5, 0.6) is 11.5 Å². The number of hydrogen-bond donors (Lipinski definition) is 2. The van der Waals surface area contributed by atoms with Gasteiger partial charge in [0.25, 0.3) is 0 Å². The van der Waals surface area contributed by atoms with E-state index < -0.39 is 16.2 Å². The molecule has 10 heteroatoms. The Hall–Kier alpha value is -3.27. The Labute approximate surface area is 149 Å². The van der Waals surface area contributed by atoms with Gasteiger partial charge >= 0.3 is 16.2 Å². The van der Waals surface area contributed by atoms with Crippen LogP contribution < -0.4 is 14.2 Å². The average Bonchev–Trinajstić information content (AvgIpc) is 3.02. The summed E-state index contributed by atoms with van der Waals surface area (Å²) >= 11 is 0. The second-order valence-corrected chi connectivity index (χ2v) is 6.64. The molecule has 2 N–H and O–H groups in total. The first-order valence-corrected chi connectivity index (χ1v) is 8.75. The smallest absolute Gasteiger partial charge is 0.413 e. The maximum absolute atomic E-state index is 12.5. The van der Waals surface area contributed by atoms with Gasteiger partial charge in [0.1, 0.15) is 16.4 Å². The van der Waals surface area contributed by atoms with E-state index >= 15 is 0 Å². The minimum absolute atomic E-state index is 0.0684. The summed E-state index contributed by atoms with van der Waals surface area (Å²) in [5.74, 6) is 0.734. The Kier molecular flexibility index (Phi) is 4.67. The Morgan fingerprint density at radius 3 is 2.62 bits per heavy atom. The third kappa shape index (κ3) is 3.70.